The first-order valence-corrected chi connectivity index (χ1v) is 30.9. The SMILES string of the molecule is CNCCC1(C)C(=O)C2c3cc[nH]c3C3CCC2(C3)C2(C)C1CCC1(C)C2C(O)C2Cn3cc(Cc4cc(C5CCCCC5)cc(C5CCOCC5)c4)c4[nH]cc(c43)CCC(C)(CC(O)C3OC3(C)C)C3=C2C1(C)CC3=O. The Morgan fingerprint density at radius 1 is 0.883 bits per heavy atom. The van der Waals surface area contributed by atoms with E-state index in [1.54, 1.807) is 0 Å². The largest absolute Gasteiger partial charge is 0.392 e. The summed E-state index contributed by atoms with van der Waals surface area (Å²) in [5.41, 5.74) is 10.4. The second-order valence-corrected chi connectivity index (χ2v) is 29.3. The van der Waals surface area contributed by atoms with Crippen LogP contribution in [0.1, 0.15) is 214 Å². The molecule has 2 bridgehead atoms. The Labute approximate surface area is 458 Å². The molecule has 3 aliphatic heterocycles. The Hall–Kier alpha value is -3.80. The number of hydrogen-bond acceptors (Lipinski definition) is 7. The second kappa shape index (κ2) is 17.6. The number of H-pyrrole nitrogens is 2. The van der Waals surface area contributed by atoms with Gasteiger partial charge in [-0.2, -0.15) is 0 Å². The molecule has 14 rings (SSSR count). The molecule has 77 heavy (non-hydrogen) atoms. The molecule has 0 radical (unpaired) electrons. The van der Waals surface area contributed by atoms with Gasteiger partial charge in [0.2, 0.25) is 0 Å². The number of Topliss-reactive ketones (excluding diaryl/α,β-unsaturated/α-hetero) is 2. The number of ketones is 2. The standard InChI is InChI=1S/C67H90N4O6/c1-61(2)60(77-61)49(73)33-62(3)20-14-42-35-70-55-45(30-38-28-43(39-12-10-9-11-13-39)31-44(29-38)40-18-26-76-27-19-40)36-71(56(42)55)37-47-51-53(62)48(72)34-65(51,6)64(5)21-16-50-63(4,23-25-68-8)59(75)52-46-17-24-69-54(46)41-15-22-67(52,32-41)66(50,7)58(64)57(47)74/h17,24,28-29,31,35-36,39-41,47,49-50,52,57-58,60,68-70,73-74H,9-16,18-23,25-27,30,32-34,37H2,1-8H3. The van der Waals surface area contributed by atoms with E-state index in [1.165, 1.54) is 87.8 Å². The number of aliphatic hydroxyl groups is 2. The normalized spacial score (nSPS) is 40.7. The molecule has 14 atom stereocenters. The maximum atomic E-state index is 15.9. The third-order valence-corrected chi connectivity index (χ3v) is 25.3. The minimum atomic E-state index is -0.781. The summed E-state index contributed by atoms with van der Waals surface area (Å²) in [6, 6.07) is 9.86. The van der Waals surface area contributed by atoms with Crippen LogP contribution < -0.4 is 5.32 Å². The van der Waals surface area contributed by atoms with Crippen molar-refractivity contribution in [3.63, 3.8) is 0 Å². The monoisotopic (exact) mass is 1050 g/mol. The van der Waals surface area contributed by atoms with E-state index in [0.29, 0.717) is 49.3 Å². The number of aliphatic hydroxyl groups excluding tert-OH is 2. The van der Waals surface area contributed by atoms with Crippen LogP contribution in [0.3, 0.4) is 0 Å². The molecule has 10 aliphatic rings. The Morgan fingerprint density at radius 2 is 1.62 bits per heavy atom. The summed E-state index contributed by atoms with van der Waals surface area (Å²) in [5.74, 6) is 1.39. The third kappa shape index (κ3) is 7.08. The van der Waals surface area contributed by atoms with Crippen molar-refractivity contribution in [1.29, 1.82) is 0 Å². The lowest BCUT2D eigenvalue weighted by molar-refractivity contribution is -0.267. The number of fused-ring (bicyclic) bond motifs is 8. The van der Waals surface area contributed by atoms with Gasteiger partial charge in [0.25, 0.3) is 0 Å². The molecule has 5 N–H and O–H groups in total. The van der Waals surface area contributed by atoms with Crippen molar-refractivity contribution in [3.8, 4) is 0 Å². The highest BCUT2D eigenvalue weighted by Gasteiger charge is 2.80. The van der Waals surface area contributed by atoms with E-state index < -0.39 is 44.9 Å². The van der Waals surface area contributed by atoms with Crippen LogP contribution in [-0.4, -0.2) is 87.0 Å². The number of carbonyl (C=O) groups excluding carboxylic acids is 2. The van der Waals surface area contributed by atoms with Gasteiger partial charge in [-0.05, 0) is 207 Å². The molecule has 7 aliphatic carbocycles. The molecule has 1 spiro atoms. The maximum Gasteiger partial charge on any atom is 0.160 e. The number of benzene rings is 1. The molecule has 14 unspecified atom stereocenters. The number of ether oxygens (including phenoxy) is 2. The highest BCUT2D eigenvalue weighted by molar-refractivity contribution is 6.02. The Balaban J connectivity index is 0.945. The van der Waals surface area contributed by atoms with Crippen molar-refractivity contribution in [3.05, 3.63) is 93.1 Å². The number of nitrogens with one attached hydrogen (secondary N) is 3. The van der Waals surface area contributed by atoms with Gasteiger partial charge in [-0.1, -0.05) is 72.1 Å². The molecule has 6 heterocycles. The number of hydrogen-bond donors (Lipinski definition) is 5. The van der Waals surface area contributed by atoms with Crippen LogP contribution in [0, 0.1) is 50.2 Å². The lowest BCUT2D eigenvalue weighted by atomic mass is 9.28. The summed E-state index contributed by atoms with van der Waals surface area (Å²) in [6.07, 6.45) is 22.1. The molecule has 10 heteroatoms. The molecule has 2 saturated heterocycles. The van der Waals surface area contributed by atoms with Gasteiger partial charge in [0.05, 0.1) is 34.8 Å². The first kappa shape index (κ1) is 51.4. The molecule has 0 amide bonds. The van der Waals surface area contributed by atoms with E-state index in [0.717, 1.165) is 89.5 Å². The van der Waals surface area contributed by atoms with Crippen LogP contribution in [0.2, 0.25) is 0 Å². The first-order valence-electron chi connectivity index (χ1n) is 30.9. The molecular weight excluding hydrogens is 957 g/mol. The van der Waals surface area contributed by atoms with E-state index in [4.69, 9.17) is 9.47 Å². The van der Waals surface area contributed by atoms with Crippen molar-refractivity contribution in [2.75, 3.05) is 26.8 Å². The smallest absolute Gasteiger partial charge is 0.160 e. The van der Waals surface area contributed by atoms with Crippen LogP contribution in [0.4, 0.5) is 0 Å². The maximum absolute atomic E-state index is 15.9. The highest BCUT2D eigenvalue weighted by Crippen LogP contribution is 2.83. The summed E-state index contributed by atoms with van der Waals surface area (Å²) < 4.78 is 14.6. The minimum absolute atomic E-state index is 0.0724. The van der Waals surface area contributed by atoms with Crippen LogP contribution in [0.25, 0.3) is 11.0 Å². The van der Waals surface area contributed by atoms with Gasteiger partial charge >= 0.3 is 0 Å². The van der Waals surface area contributed by atoms with Crippen molar-refractivity contribution in [2.24, 2.45) is 50.2 Å². The average Bonchev–Trinajstić information content (AvgIpc) is 4.30. The average molecular weight is 1050 g/mol. The molecule has 5 saturated carbocycles. The summed E-state index contributed by atoms with van der Waals surface area (Å²) in [6.45, 7) is 19.2. The van der Waals surface area contributed by atoms with Crippen molar-refractivity contribution in [1.82, 2.24) is 19.9 Å². The number of epoxide rings is 1. The molecule has 414 valence electrons. The summed E-state index contributed by atoms with van der Waals surface area (Å²) >= 11 is 0. The summed E-state index contributed by atoms with van der Waals surface area (Å²) in [5, 5.41) is 30.3. The van der Waals surface area contributed by atoms with Gasteiger partial charge in [0, 0.05) is 79.2 Å². The number of allylic oxidation sites excluding steroid dienone is 1. The number of nitrogens with zero attached hydrogens (tertiary/aromatic N) is 1. The van der Waals surface area contributed by atoms with E-state index in [-0.39, 0.29) is 41.0 Å². The number of aryl methyl sites for hydroxylation is 1. The zero-order chi connectivity index (χ0) is 53.4. The summed E-state index contributed by atoms with van der Waals surface area (Å²) in [4.78, 5) is 39.4. The van der Waals surface area contributed by atoms with Crippen LogP contribution in [0.15, 0.2) is 54.0 Å². The molecular formula is C67H90N4O6. The quantitative estimate of drug-likeness (QED) is 0.0995. The number of aromatic amines is 2. The number of aromatic nitrogens is 3. The number of rotatable bonds is 10. The van der Waals surface area contributed by atoms with Gasteiger partial charge in [-0.3, -0.25) is 9.59 Å². The predicted octanol–water partition coefficient (Wildman–Crippen LogP) is 12.3. The van der Waals surface area contributed by atoms with Crippen molar-refractivity contribution in [2.45, 2.75) is 218 Å². The van der Waals surface area contributed by atoms with Gasteiger partial charge < -0.3 is 39.5 Å². The fraction of sp³-hybridized carbons (Fsp3) is 0.701. The molecule has 1 aromatic carbocycles. The predicted molar refractivity (Wildman–Crippen MR) is 301 cm³/mol. The van der Waals surface area contributed by atoms with Gasteiger partial charge in [0.1, 0.15) is 11.9 Å². The van der Waals surface area contributed by atoms with Crippen molar-refractivity contribution >= 4 is 22.6 Å². The molecule has 3 aromatic heterocycles. The Bertz CT molecular complexity index is 3040. The van der Waals surface area contributed by atoms with Gasteiger partial charge in [-0.25, -0.2) is 0 Å². The first-order chi connectivity index (χ1) is 36.8. The van der Waals surface area contributed by atoms with E-state index in [9.17, 15) is 10.2 Å². The van der Waals surface area contributed by atoms with Crippen LogP contribution in [0.5, 0.6) is 0 Å². The third-order valence-electron chi connectivity index (χ3n) is 25.3. The zero-order valence-corrected chi connectivity index (χ0v) is 47.8. The highest BCUT2D eigenvalue weighted by atomic mass is 16.6. The topological polar surface area (TPSA) is 145 Å². The van der Waals surface area contributed by atoms with Gasteiger partial charge in [-0.15, -0.1) is 0 Å². The van der Waals surface area contributed by atoms with Crippen molar-refractivity contribution < 1.29 is 29.3 Å². The Kier molecular flexibility index (Phi) is 11.7. The van der Waals surface area contributed by atoms with Crippen LogP contribution >= 0.6 is 0 Å². The number of carbonyl (C=O) groups is 2. The molecule has 7 fully saturated rings. The van der Waals surface area contributed by atoms with E-state index >= 15 is 9.59 Å². The fourth-order valence-electron chi connectivity index (χ4n) is 21.5. The zero-order valence-electron chi connectivity index (χ0n) is 47.8. The molecule has 4 aromatic rings. The van der Waals surface area contributed by atoms with Crippen LogP contribution in [-0.2, 0) is 38.4 Å². The van der Waals surface area contributed by atoms with E-state index in [1.807, 2.05) is 7.05 Å². The fourth-order valence-corrected chi connectivity index (χ4v) is 21.5. The summed E-state index contributed by atoms with van der Waals surface area (Å²) in [7, 11) is 2.01. The Morgan fingerprint density at radius 3 is 2.35 bits per heavy atom. The second-order valence-electron chi connectivity index (χ2n) is 29.3. The lowest BCUT2D eigenvalue weighted by Crippen LogP contribution is -2.74. The van der Waals surface area contributed by atoms with E-state index in [2.05, 4.69) is 111 Å². The lowest BCUT2D eigenvalue weighted by Gasteiger charge is -2.76. The minimum Gasteiger partial charge on any atom is -0.392 e. The molecule has 10 nitrogen and oxygen atoms in total. The van der Waals surface area contributed by atoms with Gasteiger partial charge in [0.15, 0.2) is 5.78 Å².